The fraction of sp³-hybridized carbons (Fsp3) is 0.333. The largest absolute Gasteiger partial charge is 0.507 e. The van der Waals surface area contributed by atoms with E-state index in [4.69, 9.17) is 0 Å². The van der Waals surface area contributed by atoms with Crippen molar-refractivity contribution in [2.45, 2.75) is 20.3 Å². The Hall–Kier alpha value is -1.24. The summed E-state index contributed by atoms with van der Waals surface area (Å²) in [5, 5.41) is 9.58. The fourth-order valence-electron chi connectivity index (χ4n) is 1.80. The monoisotopic (exact) mass is 174 g/mol. The van der Waals surface area contributed by atoms with E-state index >= 15 is 0 Å². The molecule has 0 aliphatic heterocycles. The molecule has 68 valence electrons. The van der Waals surface area contributed by atoms with Crippen LogP contribution in [0.15, 0.2) is 24.3 Å². The van der Waals surface area contributed by atoms with Gasteiger partial charge in [0, 0.05) is 5.56 Å². The van der Waals surface area contributed by atoms with E-state index in [-0.39, 0.29) is 5.41 Å². The average molecular weight is 174 g/mol. The van der Waals surface area contributed by atoms with Gasteiger partial charge in [0.15, 0.2) is 0 Å². The minimum atomic E-state index is 0.223. The van der Waals surface area contributed by atoms with Crippen molar-refractivity contribution < 1.29 is 5.11 Å². The van der Waals surface area contributed by atoms with Crippen molar-refractivity contribution in [2.24, 2.45) is 5.41 Å². The Morgan fingerprint density at radius 2 is 2.08 bits per heavy atom. The van der Waals surface area contributed by atoms with Crippen molar-refractivity contribution in [3.63, 3.8) is 0 Å². The quantitative estimate of drug-likeness (QED) is 0.641. The lowest BCUT2D eigenvalue weighted by Crippen LogP contribution is -2.15. The third-order valence-corrected chi connectivity index (χ3v) is 2.52. The lowest BCUT2D eigenvalue weighted by Gasteiger charge is -2.26. The molecule has 1 nitrogen and oxygen atoms in total. The van der Waals surface area contributed by atoms with E-state index < -0.39 is 0 Å². The van der Waals surface area contributed by atoms with E-state index in [1.54, 1.807) is 6.07 Å². The van der Waals surface area contributed by atoms with Crippen molar-refractivity contribution in [1.82, 2.24) is 0 Å². The molecule has 1 N–H and O–H groups in total. The molecule has 1 aromatic rings. The third kappa shape index (κ3) is 1.46. The van der Waals surface area contributed by atoms with E-state index in [0.717, 1.165) is 12.0 Å². The number of rotatable bonds is 0. The molecule has 13 heavy (non-hydrogen) atoms. The highest BCUT2D eigenvalue weighted by molar-refractivity contribution is 5.63. The Labute approximate surface area is 78.7 Å². The summed E-state index contributed by atoms with van der Waals surface area (Å²) in [5.74, 6) is 0.393. The van der Waals surface area contributed by atoms with Crippen LogP contribution >= 0.6 is 0 Å². The normalized spacial score (nSPS) is 18.3. The molecule has 1 aliphatic carbocycles. The molecule has 0 aromatic heterocycles. The van der Waals surface area contributed by atoms with E-state index in [1.165, 1.54) is 5.56 Å². The Balaban J connectivity index is 2.53. The molecule has 0 bridgehead atoms. The Morgan fingerprint density at radius 3 is 2.85 bits per heavy atom. The molecule has 0 saturated carbocycles. The second-order valence-electron chi connectivity index (χ2n) is 4.35. The summed E-state index contributed by atoms with van der Waals surface area (Å²) in [7, 11) is 0. The number of aromatic hydroxyl groups is 1. The first-order valence-electron chi connectivity index (χ1n) is 4.59. The van der Waals surface area contributed by atoms with Crippen LogP contribution < -0.4 is 0 Å². The lowest BCUT2D eigenvalue weighted by molar-refractivity contribution is 0.456. The van der Waals surface area contributed by atoms with E-state index in [1.807, 2.05) is 12.1 Å². The Kier molecular flexibility index (Phi) is 1.69. The van der Waals surface area contributed by atoms with Crippen LogP contribution in [0.2, 0.25) is 0 Å². The summed E-state index contributed by atoms with van der Waals surface area (Å²) in [6, 6.07) is 5.73. The number of allylic oxidation sites excluding steroid dienone is 1. The number of benzene rings is 1. The summed E-state index contributed by atoms with van der Waals surface area (Å²) >= 11 is 0. The Morgan fingerprint density at radius 1 is 1.31 bits per heavy atom. The summed E-state index contributed by atoms with van der Waals surface area (Å²) < 4.78 is 0. The van der Waals surface area contributed by atoms with Crippen LogP contribution in [0.25, 0.3) is 6.08 Å². The van der Waals surface area contributed by atoms with Gasteiger partial charge in [0.25, 0.3) is 0 Å². The number of phenolic OH excluding ortho intramolecular Hbond substituents is 1. The van der Waals surface area contributed by atoms with Gasteiger partial charge in [-0.05, 0) is 23.5 Å². The van der Waals surface area contributed by atoms with Gasteiger partial charge in [-0.15, -0.1) is 0 Å². The van der Waals surface area contributed by atoms with Crippen LogP contribution in [-0.4, -0.2) is 5.11 Å². The van der Waals surface area contributed by atoms with Gasteiger partial charge in [-0.3, -0.25) is 0 Å². The Bertz CT molecular complexity index is 361. The zero-order valence-electron chi connectivity index (χ0n) is 8.04. The highest BCUT2D eigenvalue weighted by Crippen LogP contribution is 2.35. The summed E-state index contributed by atoms with van der Waals surface area (Å²) in [4.78, 5) is 0. The molecule has 2 rings (SSSR count). The smallest absolute Gasteiger partial charge is 0.123 e. The maximum absolute atomic E-state index is 9.58. The summed E-state index contributed by atoms with van der Waals surface area (Å²) in [6.45, 7) is 4.41. The van der Waals surface area contributed by atoms with Gasteiger partial charge in [0.2, 0.25) is 0 Å². The molecule has 0 fully saturated rings. The van der Waals surface area contributed by atoms with Crippen LogP contribution in [0.5, 0.6) is 5.75 Å². The van der Waals surface area contributed by atoms with E-state index in [0.29, 0.717) is 5.75 Å². The molecule has 0 saturated heterocycles. The van der Waals surface area contributed by atoms with Crippen molar-refractivity contribution in [2.75, 3.05) is 0 Å². The number of phenols is 1. The van der Waals surface area contributed by atoms with E-state index in [9.17, 15) is 5.11 Å². The number of hydrogen-bond donors (Lipinski definition) is 1. The minimum Gasteiger partial charge on any atom is -0.507 e. The highest BCUT2D eigenvalue weighted by atomic mass is 16.3. The lowest BCUT2D eigenvalue weighted by atomic mass is 9.79. The van der Waals surface area contributed by atoms with Crippen LogP contribution in [0.3, 0.4) is 0 Å². The predicted octanol–water partition coefficient (Wildman–Crippen LogP) is 2.99. The van der Waals surface area contributed by atoms with Crippen LogP contribution in [0, 0.1) is 5.41 Å². The molecule has 1 aliphatic rings. The average Bonchev–Trinajstić information content (AvgIpc) is 2.02. The van der Waals surface area contributed by atoms with E-state index in [2.05, 4.69) is 26.0 Å². The van der Waals surface area contributed by atoms with Gasteiger partial charge >= 0.3 is 0 Å². The molecule has 0 unspecified atom stereocenters. The molecule has 0 radical (unpaired) electrons. The maximum Gasteiger partial charge on any atom is 0.123 e. The second kappa shape index (κ2) is 2.63. The molecule has 0 heterocycles. The molecule has 0 amide bonds. The molecule has 0 atom stereocenters. The summed E-state index contributed by atoms with van der Waals surface area (Å²) in [6.07, 6.45) is 5.19. The van der Waals surface area contributed by atoms with Crippen molar-refractivity contribution in [1.29, 1.82) is 0 Å². The summed E-state index contributed by atoms with van der Waals surface area (Å²) in [5.41, 5.74) is 2.45. The number of hydrogen-bond acceptors (Lipinski definition) is 1. The first-order chi connectivity index (χ1) is 6.08. The third-order valence-electron chi connectivity index (χ3n) is 2.52. The molecule has 1 heteroatoms. The maximum atomic E-state index is 9.58. The van der Waals surface area contributed by atoms with Crippen molar-refractivity contribution in [3.8, 4) is 5.75 Å². The number of fused-ring (bicyclic) bond motifs is 1. The first-order valence-corrected chi connectivity index (χ1v) is 4.59. The molecular weight excluding hydrogens is 160 g/mol. The van der Waals surface area contributed by atoms with Crippen LogP contribution in [0.1, 0.15) is 25.0 Å². The predicted molar refractivity (Wildman–Crippen MR) is 54.6 cm³/mol. The second-order valence-corrected chi connectivity index (χ2v) is 4.35. The van der Waals surface area contributed by atoms with Crippen LogP contribution in [0.4, 0.5) is 0 Å². The van der Waals surface area contributed by atoms with Gasteiger partial charge < -0.3 is 5.11 Å². The van der Waals surface area contributed by atoms with Gasteiger partial charge in [-0.2, -0.15) is 0 Å². The zero-order chi connectivity index (χ0) is 9.47. The van der Waals surface area contributed by atoms with Gasteiger partial charge in [0.1, 0.15) is 5.75 Å². The first kappa shape index (κ1) is 8.36. The SMILES string of the molecule is CC1(C)C=Cc2c(O)cccc2C1. The molecule has 0 spiro atoms. The highest BCUT2D eigenvalue weighted by Gasteiger charge is 2.21. The minimum absolute atomic E-state index is 0.223. The molecular formula is C12H14O. The van der Waals surface area contributed by atoms with Crippen molar-refractivity contribution in [3.05, 3.63) is 35.4 Å². The van der Waals surface area contributed by atoms with Crippen molar-refractivity contribution >= 4 is 6.08 Å². The fourth-order valence-corrected chi connectivity index (χ4v) is 1.80. The van der Waals surface area contributed by atoms with Crippen LogP contribution in [-0.2, 0) is 6.42 Å². The van der Waals surface area contributed by atoms with Gasteiger partial charge in [-0.25, -0.2) is 0 Å². The topological polar surface area (TPSA) is 20.2 Å². The van der Waals surface area contributed by atoms with Gasteiger partial charge in [0.05, 0.1) is 0 Å². The van der Waals surface area contributed by atoms with Gasteiger partial charge in [-0.1, -0.05) is 38.1 Å². The standard InChI is InChI=1S/C12H14O/c1-12(2)7-6-10-9(8-12)4-3-5-11(10)13/h3-7,13H,8H2,1-2H3. The molecule has 1 aromatic carbocycles. The zero-order valence-corrected chi connectivity index (χ0v) is 8.04.